The predicted octanol–water partition coefficient (Wildman–Crippen LogP) is 2.46. The van der Waals surface area contributed by atoms with Gasteiger partial charge in [-0.3, -0.25) is 0 Å². The highest BCUT2D eigenvalue weighted by Gasteiger charge is 2.06. The normalized spacial score (nSPS) is 10.9. The standard InChI is InChI=1S/C14H17ClFN3O/c1-20-6-5-17-7-12-9-19(10-18-12)8-11-3-2-4-13(16)14(11)15/h2-4,9-10,17H,5-8H2,1H3. The van der Waals surface area contributed by atoms with Crippen LogP contribution in [0.3, 0.4) is 0 Å². The average molecular weight is 298 g/mol. The second kappa shape index (κ2) is 7.38. The highest BCUT2D eigenvalue weighted by molar-refractivity contribution is 6.31. The van der Waals surface area contributed by atoms with Gasteiger partial charge in [-0.05, 0) is 11.6 Å². The van der Waals surface area contributed by atoms with Gasteiger partial charge in [0.15, 0.2) is 0 Å². The van der Waals surface area contributed by atoms with Gasteiger partial charge in [0, 0.05) is 26.4 Å². The summed E-state index contributed by atoms with van der Waals surface area (Å²) in [5.41, 5.74) is 1.66. The van der Waals surface area contributed by atoms with Crippen molar-refractivity contribution >= 4 is 11.6 Å². The first kappa shape index (κ1) is 15.0. The van der Waals surface area contributed by atoms with E-state index in [1.807, 2.05) is 16.8 Å². The van der Waals surface area contributed by atoms with Gasteiger partial charge in [0.1, 0.15) is 5.82 Å². The fraction of sp³-hybridized carbons (Fsp3) is 0.357. The van der Waals surface area contributed by atoms with Crippen molar-refractivity contribution < 1.29 is 9.13 Å². The van der Waals surface area contributed by atoms with Crippen LogP contribution >= 0.6 is 11.6 Å². The Balaban J connectivity index is 1.94. The number of hydrogen-bond acceptors (Lipinski definition) is 3. The maximum absolute atomic E-state index is 13.3. The molecule has 0 amide bonds. The van der Waals surface area contributed by atoms with Crippen LogP contribution in [-0.4, -0.2) is 29.8 Å². The van der Waals surface area contributed by atoms with Crippen LogP contribution in [0.1, 0.15) is 11.3 Å². The second-order valence-electron chi connectivity index (χ2n) is 4.42. The van der Waals surface area contributed by atoms with E-state index in [4.69, 9.17) is 16.3 Å². The van der Waals surface area contributed by atoms with Gasteiger partial charge in [0.05, 0.1) is 30.2 Å². The number of nitrogens with zero attached hydrogens (tertiary/aromatic N) is 2. The number of ether oxygens (including phenoxy) is 1. The molecule has 0 radical (unpaired) electrons. The lowest BCUT2D eigenvalue weighted by Gasteiger charge is -2.05. The van der Waals surface area contributed by atoms with E-state index < -0.39 is 5.82 Å². The van der Waals surface area contributed by atoms with Gasteiger partial charge in [-0.2, -0.15) is 0 Å². The molecular formula is C14H17ClFN3O. The summed E-state index contributed by atoms with van der Waals surface area (Å²) in [6, 6.07) is 4.81. The van der Waals surface area contributed by atoms with E-state index in [1.165, 1.54) is 6.07 Å². The molecule has 0 fully saturated rings. The molecule has 0 aliphatic carbocycles. The van der Waals surface area contributed by atoms with Crippen LogP contribution in [0.4, 0.5) is 4.39 Å². The molecular weight excluding hydrogens is 281 g/mol. The van der Waals surface area contributed by atoms with E-state index in [0.717, 1.165) is 17.8 Å². The number of aromatic nitrogens is 2. The summed E-state index contributed by atoms with van der Waals surface area (Å²) in [6.45, 7) is 2.62. The summed E-state index contributed by atoms with van der Waals surface area (Å²) in [5, 5.41) is 3.38. The van der Waals surface area contributed by atoms with E-state index in [2.05, 4.69) is 10.3 Å². The molecule has 20 heavy (non-hydrogen) atoms. The van der Waals surface area contributed by atoms with Crippen molar-refractivity contribution in [3.63, 3.8) is 0 Å². The van der Waals surface area contributed by atoms with Crippen LogP contribution in [0.2, 0.25) is 5.02 Å². The third-order valence-electron chi connectivity index (χ3n) is 2.86. The number of rotatable bonds is 7. The lowest BCUT2D eigenvalue weighted by Crippen LogP contribution is -2.18. The van der Waals surface area contributed by atoms with Crippen LogP contribution in [0, 0.1) is 5.82 Å². The Morgan fingerprint density at radius 3 is 3.10 bits per heavy atom. The number of imidazole rings is 1. The average Bonchev–Trinajstić information content (AvgIpc) is 2.88. The monoisotopic (exact) mass is 297 g/mol. The fourth-order valence-electron chi connectivity index (χ4n) is 1.84. The molecule has 2 rings (SSSR count). The molecule has 108 valence electrons. The lowest BCUT2D eigenvalue weighted by atomic mass is 10.2. The topological polar surface area (TPSA) is 39.1 Å². The first-order valence-corrected chi connectivity index (χ1v) is 6.71. The molecule has 0 saturated heterocycles. The molecule has 1 heterocycles. The van der Waals surface area contributed by atoms with Gasteiger partial charge in [0.25, 0.3) is 0 Å². The van der Waals surface area contributed by atoms with Crippen LogP contribution in [0.15, 0.2) is 30.7 Å². The largest absolute Gasteiger partial charge is 0.383 e. The van der Waals surface area contributed by atoms with Gasteiger partial charge < -0.3 is 14.6 Å². The molecule has 1 aromatic heterocycles. The molecule has 1 aromatic carbocycles. The third kappa shape index (κ3) is 4.03. The Hall–Kier alpha value is -1.43. The Bertz CT molecular complexity index is 559. The van der Waals surface area contributed by atoms with Crippen molar-refractivity contribution in [1.82, 2.24) is 14.9 Å². The SMILES string of the molecule is COCCNCc1cn(Cc2cccc(F)c2Cl)cn1. The molecule has 0 spiro atoms. The number of benzene rings is 1. The maximum Gasteiger partial charge on any atom is 0.142 e. The minimum atomic E-state index is -0.397. The molecule has 6 heteroatoms. The number of hydrogen-bond donors (Lipinski definition) is 1. The molecule has 0 unspecified atom stereocenters. The summed E-state index contributed by atoms with van der Waals surface area (Å²) in [6.07, 6.45) is 3.63. The van der Waals surface area contributed by atoms with Crippen LogP contribution < -0.4 is 5.32 Å². The van der Waals surface area contributed by atoms with Crippen molar-refractivity contribution in [1.29, 1.82) is 0 Å². The van der Waals surface area contributed by atoms with Crippen LogP contribution in [0.25, 0.3) is 0 Å². The molecule has 0 aliphatic heterocycles. The van der Waals surface area contributed by atoms with Crippen molar-refractivity contribution in [2.24, 2.45) is 0 Å². The Labute approximate surface area is 122 Å². The van der Waals surface area contributed by atoms with Gasteiger partial charge in [0.2, 0.25) is 0 Å². The van der Waals surface area contributed by atoms with E-state index >= 15 is 0 Å². The zero-order valence-corrected chi connectivity index (χ0v) is 12.0. The van der Waals surface area contributed by atoms with Gasteiger partial charge >= 0.3 is 0 Å². The first-order valence-electron chi connectivity index (χ1n) is 6.34. The molecule has 0 atom stereocenters. The highest BCUT2D eigenvalue weighted by atomic mass is 35.5. The zero-order chi connectivity index (χ0) is 14.4. The molecule has 2 aromatic rings. The summed E-state index contributed by atoms with van der Waals surface area (Å²) >= 11 is 5.93. The molecule has 0 aliphatic rings. The van der Waals surface area contributed by atoms with Gasteiger partial charge in [-0.1, -0.05) is 23.7 Å². The predicted molar refractivity (Wildman–Crippen MR) is 76.3 cm³/mol. The summed E-state index contributed by atoms with van der Waals surface area (Å²) in [5.74, 6) is -0.397. The second-order valence-corrected chi connectivity index (χ2v) is 4.80. The Morgan fingerprint density at radius 2 is 2.30 bits per heavy atom. The zero-order valence-electron chi connectivity index (χ0n) is 11.3. The number of methoxy groups -OCH3 is 1. The summed E-state index contributed by atoms with van der Waals surface area (Å²) in [7, 11) is 1.67. The minimum absolute atomic E-state index is 0.168. The van der Waals surface area contributed by atoms with Crippen molar-refractivity contribution in [2.75, 3.05) is 20.3 Å². The summed E-state index contributed by atoms with van der Waals surface area (Å²) in [4.78, 5) is 4.28. The van der Waals surface area contributed by atoms with E-state index in [0.29, 0.717) is 19.7 Å². The fourth-order valence-corrected chi connectivity index (χ4v) is 2.03. The van der Waals surface area contributed by atoms with E-state index in [-0.39, 0.29) is 5.02 Å². The van der Waals surface area contributed by atoms with Crippen molar-refractivity contribution in [3.05, 3.63) is 52.8 Å². The Kier molecular flexibility index (Phi) is 5.52. The van der Waals surface area contributed by atoms with Crippen LogP contribution in [-0.2, 0) is 17.8 Å². The highest BCUT2D eigenvalue weighted by Crippen LogP contribution is 2.20. The van der Waals surface area contributed by atoms with Gasteiger partial charge in [-0.25, -0.2) is 9.37 Å². The lowest BCUT2D eigenvalue weighted by molar-refractivity contribution is 0.199. The van der Waals surface area contributed by atoms with Crippen molar-refractivity contribution in [2.45, 2.75) is 13.1 Å². The molecule has 0 saturated carbocycles. The van der Waals surface area contributed by atoms with Gasteiger partial charge in [-0.15, -0.1) is 0 Å². The summed E-state index contributed by atoms with van der Waals surface area (Å²) < 4.78 is 20.2. The molecule has 1 N–H and O–H groups in total. The maximum atomic E-state index is 13.3. The van der Waals surface area contributed by atoms with Crippen LogP contribution in [0.5, 0.6) is 0 Å². The molecule has 0 bridgehead atoms. The minimum Gasteiger partial charge on any atom is -0.383 e. The van der Waals surface area contributed by atoms with E-state index in [1.54, 1.807) is 19.5 Å². The van der Waals surface area contributed by atoms with E-state index in [9.17, 15) is 4.39 Å². The quantitative estimate of drug-likeness (QED) is 0.798. The number of halogens is 2. The Morgan fingerprint density at radius 1 is 1.45 bits per heavy atom. The smallest absolute Gasteiger partial charge is 0.142 e. The number of nitrogens with one attached hydrogen (secondary N) is 1. The third-order valence-corrected chi connectivity index (χ3v) is 3.28. The van der Waals surface area contributed by atoms with Crippen molar-refractivity contribution in [3.8, 4) is 0 Å². The molecule has 4 nitrogen and oxygen atoms in total. The first-order chi connectivity index (χ1) is 9.70.